The molecular weight excluding hydrogens is 390 g/mol. The molecule has 7 nitrogen and oxygen atoms in total. The van der Waals surface area contributed by atoms with Crippen molar-refractivity contribution in [2.75, 3.05) is 24.5 Å². The molecule has 4 aliphatic rings. The molecule has 166 valence electrons. The van der Waals surface area contributed by atoms with Gasteiger partial charge in [-0.15, -0.1) is 5.10 Å². The summed E-state index contributed by atoms with van der Waals surface area (Å²) in [5, 5.41) is 11.8. The molecule has 0 unspecified atom stereocenters. The van der Waals surface area contributed by atoms with Crippen molar-refractivity contribution < 1.29 is 9.59 Å². The number of nitrogens with zero attached hydrogens (tertiary/aromatic N) is 4. The number of rotatable bonds is 4. The van der Waals surface area contributed by atoms with Crippen molar-refractivity contribution in [3.05, 3.63) is 29.5 Å². The molecule has 3 fully saturated rings. The molecule has 7 heteroatoms. The summed E-state index contributed by atoms with van der Waals surface area (Å²) < 4.78 is 0. The fraction of sp³-hybridized carbons (Fsp3) is 0.667. The summed E-state index contributed by atoms with van der Waals surface area (Å²) in [6.45, 7) is 4.18. The highest BCUT2D eigenvalue weighted by molar-refractivity contribution is 5.89. The molecule has 1 aliphatic carbocycles. The van der Waals surface area contributed by atoms with Gasteiger partial charge in [-0.2, -0.15) is 5.10 Å². The number of amides is 2. The molecule has 2 amide bonds. The van der Waals surface area contributed by atoms with Gasteiger partial charge in [-0.05, 0) is 69.9 Å². The van der Waals surface area contributed by atoms with E-state index < -0.39 is 0 Å². The molecule has 3 saturated heterocycles. The molecule has 0 spiro atoms. The van der Waals surface area contributed by atoms with Gasteiger partial charge in [0.15, 0.2) is 5.82 Å². The second-order valence-corrected chi connectivity index (χ2v) is 9.73. The molecule has 31 heavy (non-hydrogen) atoms. The maximum Gasteiger partial charge on any atom is 0.243 e. The van der Waals surface area contributed by atoms with Crippen LogP contribution in [0, 0.1) is 18.8 Å². The Morgan fingerprint density at radius 2 is 2.00 bits per heavy atom. The summed E-state index contributed by atoms with van der Waals surface area (Å²) >= 11 is 0. The highest BCUT2D eigenvalue weighted by Crippen LogP contribution is 2.42. The third kappa shape index (κ3) is 4.06. The predicted molar refractivity (Wildman–Crippen MR) is 118 cm³/mol. The Kier molecular flexibility index (Phi) is 5.67. The van der Waals surface area contributed by atoms with Crippen LogP contribution in [0.5, 0.6) is 0 Å². The van der Waals surface area contributed by atoms with E-state index in [1.54, 1.807) is 0 Å². The Labute approximate surface area is 184 Å². The fourth-order valence-corrected chi connectivity index (χ4v) is 6.11. The third-order valence-electron chi connectivity index (χ3n) is 7.59. The molecule has 1 N–H and O–H groups in total. The maximum atomic E-state index is 13.5. The Morgan fingerprint density at radius 3 is 2.77 bits per heavy atom. The molecule has 4 atom stereocenters. The number of piperidine rings is 3. The standard InChI is InChI=1S/C24H33N5O2/c1-16-10-11-21(27-26-16)28-14-18-12-19(15-28)23(29-20(18)8-5-9-22(29)30)24(31)25-13-17-6-3-2-4-7-17/h6,10-11,18-20,23H,2-5,7-9,12-15H2,1H3,(H,25,31)/t18-,19+,20-,23+/m0/s1. The first kappa shape index (κ1) is 20.5. The van der Waals surface area contributed by atoms with Crippen LogP contribution in [0.3, 0.4) is 0 Å². The van der Waals surface area contributed by atoms with Gasteiger partial charge < -0.3 is 15.1 Å². The van der Waals surface area contributed by atoms with Crippen LogP contribution in [-0.2, 0) is 9.59 Å². The average molecular weight is 424 g/mol. The number of allylic oxidation sites excluding steroid dienone is 1. The van der Waals surface area contributed by atoms with Gasteiger partial charge in [-0.25, -0.2) is 0 Å². The van der Waals surface area contributed by atoms with Gasteiger partial charge in [0.1, 0.15) is 6.04 Å². The highest BCUT2D eigenvalue weighted by atomic mass is 16.2. The minimum absolute atomic E-state index is 0.0204. The summed E-state index contributed by atoms with van der Waals surface area (Å²) in [4.78, 5) is 30.7. The molecule has 1 aromatic rings. The summed E-state index contributed by atoms with van der Waals surface area (Å²) in [6, 6.07) is 3.80. The minimum atomic E-state index is -0.376. The molecule has 0 saturated carbocycles. The molecule has 4 heterocycles. The van der Waals surface area contributed by atoms with Crippen molar-refractivity contribution in [2.45, 2.75) is 70.4 Å². The largest absolute Gasteiger partial charge is 0.354 e. The topological polar surface area (TPSA) is 78.4 Å². The number of carbonyl (C=O) groups is 2. The van der Waals surface area contributed by atoms with Crippen LogP contribution in [-0.4, -0.2) is 58.6 Å². The molecule has 0 radical (unpaired) electrons. The molecular formula is C24H33N5O2. The van der Waals surface area contributed by atoms with Crippen LogP contribution in [0.15, 0.2) is 23.8 Å². The Hall–Kier alpha value is -2.44. The lowest BCUT2D eigenvalue weighted by atomic mass is 9.71. The zero-order valence-corrected chi connectivity index (χ0v) is 18.4. The number of carbonyl (C=O) groups excluding carboxylic acids is 2. The first-order valence-electron chi connectivity index (χ1n) is 11.9. The van der Waals surface area contributed by atoms with Crippen molar-refractivity contribution in [1.29, 1.82) is 0 Å². The van der Waals surface area contributed by atoms with E-state index in [1.807, 2.05) is 24.0 Å². The van der Waals surface area contributed by atoms with Crippen LogP contribution < -0.4 is 10.2 Å². The number of fused-ring (bicyclic) bond motifs is 4. The molecule has 0 aromatic carbocycles. The van der Waals surface area contributed by atoms with Crippen molar-refractivity contribution in [3.8, 4) is 0 Å². The van der Waals surface area contributed by atoms with Gasteiger partial charge in [0, 0.05) is 38.0 Å². The average Bonchev–Trinajstić information content (AvgIpc) is 2.79. The van der Waals surface area contributed by atoms with E-state index in [4.69, 9.17) is 0 Å². The Balaban J connectivity index is 1.38. The monoisotopic (exact) mass is 423 g/mol. The van der Waals surface area contributed by atoms with Crippen LogP contribution in [0.4, 0.5) is 5.82 Å². The van der Waals surface area contributed by atoms with Gasteiger partial charge in [-0.3, -0.25) is 9.59 Å². The molecule has 5 rings (SSSR count). The van der Waals surface area contributed by atoms with Crippen molar-refractivity contribution in [1.82, 2.24) is 20.4 Å². The van der Waals surface area contributed by atoms with E-state index in [0.717, 1.165) is 56.7 Å². The van der Waals surface area contributed by atoms with Crippen molar-refractivity contribution >= 4 is 17.6 Å². The summed E-state index contributed by atoms with van der Waals surface area (Å²) in [6.07, 6.45) is 10.4. The molecule has 2 bridgehead atoms. The van der Waals surface area contributed by atoms with E-state index in [2.05, 4.69) is 26.5 Å². The molecule has 1 aromatic heterocycles. The summed E-state index contributed by atoms with van der Waals surface area (Å²) in [7, 11) is 0. The van der Waals surface area contributed by atoms with Crippen LogP contribution >= 0.6 is 0 Å². The number of hydrogen-bond acceptors (Lipinski definition) is 5. The van der Waals surface area contributed by atoms with Gasteiger partial charge >= 0.3 is 0 Å². The number of aromatic nitrogens is 2. The first-order chi connectivity index (χ1) is 15.1. The summed E-state index contributed by atoms with van der Waals surface area (Å²) in [5.74, 6) is 1.57. The second kappa shape index (κ2) is 8.60. The van der Waals surface area contributed by atoms with Crippen LogP contribution in [0.2, 0.25) is 0 Å². The van der Waals surface area contributed by atoms with Gasteiger partial charge in [0.25, 0.3) is 0 Å². The zero-order valence-electron chi connectivity index (χ0n) is 18.4. The van der Waals surface area contributed by atoms with Gasteiger partial charge in [0.2, 0.25) is 11.8 Å². The zero-order chi connectivity index (χ0) is 21.4. The lowest BCUT2D eigenvalue weighted by molar-refractivity contribution is -0.156. The van der Waals surface area contributed by atoms with Gasteiger partial charge in [0.05, 0.1) is 5.69 Å². The maximum absolute atomic E-state index is 13.5. The van der Waals surface area contributed by atoms with Crippen molar-refractivity contribution in [3.63, 3.8) is 0 Å². The Morgan fingerprint density at radius 1 is 1.13 bits per heavy atom. The smallest absolute Gasteiger partial charge is 0.243 e. The quantitative estimate of drug-likeness (QED) is 0.753. The number of nitrogens with one attached hydrogen (secondary N) is 1. The molecule has 3 aliphatic heterocycles. The highest BCUT2D eigenvalue weighted by Gasteiger charge is 2.52. The van der Waals surface area contributed by atoms with E-state index >= 15 is 0 Å². The normalized spacial score (nSPS) is 30.5. The van der Waals surface area contributed by atoms with Crippen LogP contribution in [0.25, 0.3) is 0 Å². The predicted octanol–water partition coefficient (Wildman–Crippen LogP) is 2.61. The SMILES string of the molecule is Cc1ccc(N2C[C@@H]3C[C@H](C2)[C@H](C(=O)NCC2=CCCCC2)N2C(=O)CCC[C@@H]32)nn1. The third-order valence-corrected chi connectivity index (χ3v) is 7.59. The number of hydrogen-bond donors (Lipinski definition) is 1. The van der Waals surface area contributed by atoms with E-state index in [0.29, 0.717) is 18.9 Å². The van der Waals surface area contributed by atoms with E-state index in [-0.39, 0.29) is 29.8 Å². The number of aryl methyl sites for hydroxylation is 1. The Bertz CT molecular complexity index is 867. The van der Waals surface area contributed by atoms with E-state index in [9.17, 15) is 9.59 Å². The van der Waals surface area contributed by atoms with Gasteiger partial charge in [-0.1, -0.05) is 11.6 Å². The fourth-order valence-electron chi connectivity index (χ4n) is 6.11. The minimum Gasteiger partial charge on any atom is -0.354 e. The summed E-state index contributed by atoms with van der Waals surface area (Å²) in [5.41, 5.74) is 2.23. The first-order valence-corrected chi connectivity index (χ1v) is 11.9. The lowest BCUT2D eigenvalue weighted by Gasteiger charge is -2.56. The lowest BCUT2D eigenvalue weighted by Crippen LogP contribution is -2.68. The van der Waals surface area contributed by atoms with E-state index in [1.165, 1.54) is 18.4 Å². The number of anilines is 1. The van der Waals surface area contributed by atoms with Crippen molar-refractivity contribution in [2.24, 2.45) is 11.8 Å². The van der Waals surface area contributed by atoms with Crippen LogP contribution in [0.1, 0.15) is 57.1 Å². The second-order valence-electron chi connectivity index (χ2n) is 9.73.